The third-order valence-electron chi connectivity index (χ3n) is 3.46. The number of nitrogens with one attached hydrogen (secondary N) is 1. The molecule has 0 saturated carbocycles. The Hall–Kier alpha value is -0.600. The number of allylic oxidation sites excluding steroid dienone is 1. The Morgan fingerprint density at radius 3 is 2.94 bits per heavy atom. The van der Waals surface area contributed by atoms with Gasteiger partial charge < -0.3 is 5.32 Å². The van der Waals surface area contributed by atoms with E-state index in [1.807, 2.05) is 11.3 Å². The van der Waals surface area contributed by atoms with Crippen molar-refractivity contribution >= 4 is 17.4 Å². The normalized spacial score (nSPS) is 24.8. The van der Waals surface area contributed by atoms with Gasteiger partial charge in [-0.25, -0.2) is 0 Å². The molecule has 1 saturated heterocycles. The fourth-order valence-electron chi connectivity index (χ4n) is 2.42. The lowest BCUT2D eigenvalue weighted by Gasteiger charge is -2.09. The van der Waals surface area contributed by atoms with Crippen LogP contribution in [0.25, 0.3) is 6.08 Å². The molecule has 1 aliphatic rings. The zero-order chi connectivity index (χ0) is 12.1. The van der Waals surface area contributed by atoms with Gasteiger partial charge in [0.15, 0.2) is 0 Å². The molecule has 0 spiro atoms. The summed E-state index contributed by atoms with van der Waals surface area (Å²) in [6.45, 7) is 4.50. The summed E-state index contributed by atoms with van der Waals surface area (Å²) in [5.41, 5.74) is 0. The monoisotopic (exact) mass is 249 g/mol. The van der Waals surface area contributed by atoms with Crippen LogP contribution in [0.3, 0.4) is 0 Å². The van der Waals surface area contributed by atoms with E-state index in [1.54, 1.807) is 0 Å². The van der Waals surface area contributed by atoms with Crippen LogP contribution in [0.4, 0.5) is 0 Å². The Morgan fingerprint density at radius 2 is 2.29 bits per heavy atom. The summed E-state index contributed by atoms with van der Waals surface area (Å²) >= 11 is 1.91. The third kappa shape index (κ3) is 3.97. The van der Waals surface area contributed by atoms with E-state index in [0.29, 0.717) is 0 Å². The molecule has 2 heteroatoms. The first kappa shape index (κ1) is 12.8. The van der Waals surface area contributed by atoms with Crippen molar-refractivity contribution < 1.29 is 0 Å². The summed E-state index contributed by atoms with van der Waals surface area (Å²) in [6.07, 6.45) is 10.9. The molecule has 0 radical (unpaired) electrons. The molecule has 0 amide bonds. The average Bonchev–Trinajstić information content (AvgIpc) is 2.93. The Balaban J connectivity index is 1.70. The maximum Gasteiger partial charge on any atom is 0.0270 e. The predicted octanol–water partition coefficient (Wildman–Crippen LogP) is 4.24. The molecule has 2 rings (SSSR count). The van der Waals surface area contributed by atoms with Gasteiger partial charge >= 0.3 is 0 Å². The summed E-state index contributed by atoms with van der Waals surface area (Å²) in [5, 5.41) is 3.63. The van der Waals surface area contributed by atoms with E-state index in [1.165, 1.54) is 35.4 Å². The first-order chi connectivity index (χ1) is 8.28. The molecule has 0 unspecified atom stereocenters. The van der Waals surface area contributed by atoms with Crippen molar-refractivity contribution in [3.05, 3.63) is 28.0 Å². The highest BCUT2D eigenvalue weighted by molar-refractivity contribution is 7.12. The molecule has 1 fully saturated rings. The lowest BCUT2D eigenvalue weighted by Crippen LogP contribution is -2.26. The van der Waals surface area contributed by atoms with Crippen molar-refractivity contribution in [2.24, 2.45) is 0 Å². The second-order valence-electron chi connectivity index (χ2n) is 4.98. The number of rotatable bonds is 5. The second kappa shape index (κ2) is 6.36. The van der Waals surface area contributed by atoms with Crippen molar-refractivity contribution in [1.29, 1.82) is 0 Å². The fourth-order valence-corrected chi connectivity index (χ4v) is 3.30. The van der Waals surface area contributed by atoms with Crippen LogP contribution >= 0.6 is 11.3 Å². The number of hydrogen-bond donors (Lipinski definition) is 1. The van der Waals surface area contributed by atoms with Gasteiger partial charge in [-0.1, -0.05) is 13.0 Å². The molecule has 2 atom stereocenters. The molecule has 0 aromatic carbocycles. The standard InChI is InChI=1S/C15H23NS/c1-3-14-10-11-15(17-14)7-5-4-6-13-9-8-12(2)16-13/h5,7,10-13,16H,3-4,6,8-9H2,1-2H3/b7-5-/t12-,13-/m1/s1. The molecular formula is C15H23NS. The van der Waals surface area contributed by atoms with Crippen LogP contribution in [0.15, 0.2) is 18.2 Å². The molecule has 1 aromatic rings. The molecule has 17 heavy (non-hydrogen) atoms. The largest absolute Gasteiger partial charge is 0.311 e. The fraction of sp³-hybridized carbons (Fsp3) is 0.600. The molecule has 1 nitrogen and oxygen atoms in total. The summed E-state index contributed by atoms with van der Waals surface area (Å²) in [6, 6.07) is 5.96. The molecule has 0 aliphatic carbocycles. The number of aryl methyl sites for hydroxylation is 1. The van der Waals surface area contributed by atoms with E-state index in [2.05, 4.69) is 43.4 Å². The van der Waals surface area contributed by atoms with Gasteiger partial charge in [0, 0.05) is 21.8 Å². The van der Waals surface area contributed by atoms with Crippen molar-refractivity contribution in [1.82, 2.24) is 5.32 Å². The van der Waals surface area contributed by atoms with Crippen LogP contribution in [-0.4, -0.2) is 12.1 Å². The quantitative estimate of drug-likeness (QED) is 0.823. The second-order valence-corrected chi connectivity index (χ2v) is 6.18. The van der Waals surface area contributed by atoms with E-state index >= 15 is 0 Å². The van der Waals surface area contributed by atoms with E-state index < -0.39 is 0 Å². The van der Waals surface area contributed by atoms with Gasteiger partial charge in [-0.3, -0.25) is 0 Å². The van der Waals surface area contributed by atoms with Crippen LogP contribution in [0.5, 0.6) is 0 Å². The molecule has 1 N–H and O–H groups in total. The topological polar surface area (TPSA) is 12.0 Å². The van der Waals surface area contributed by atoms with Gasteiger partial charge in [-0.2, -0.15) is 0 Å². The van der Waals surface area contributed by atoms with Crippen molar-refractivity contribution in [3.8, 4) is 0 Å². The smallest absolute Gasteiger partial charge is 0.0270 e. The Bertz CT molecular complexity index is 367. The number of hydrogen-bond acceptors (Lipinski definition) is 2. The van der Waals surface area contributed by atoms with Gasteiger partial charge in [0.25, 0.3) is 0 Å². The minimum atomic E-state index is 0.730. The van der Waals surface area contributed by atoms with Crippen LogP contribution in [-0.2, 0) is 6.42 Å². The van der Waals surface area contributed by atoms with E-state index in [9.17, 15) is 0 Å². The first-order valence-corrected chi connectivity index (χ1v) is 7.61. The summed E-state index contributed by atoms with van der Waals surface area (Å²) in [7, 11) is 0. The van der Waals surface area contributed by atoms with E-state index in [0.717, 1.165) is 18.5 Å². The third-order valence-corrected chi connectivity index (χ3v) is 4.66. The maximum atomic E-state index is 3.63. The van der Waals surface area contributed by atoms with Crippen molar-refractivity contribution in [3.63, 3.8) is 0 Å². The van der Waals surface area contributed by atoms with Crippen LogP contribution in [0.1, 0.15) is 49.3 Å². The highest BCUT2D eigenvalue weighted by atomic mass is 32.1. The van der Waals surface area contributed by atoms with E-state index in [-0.39, 0.29) is 0 Å². The van der Waals surface area contributed by atoms with Crippen molar-refractivity contribution in [2.75, 3.05) is 0 Å². The highest BCUT2D eigenvalue weighted by Crippen LogP contribution is 2.20. The number of thiophene rings is 1. The molecule has 1 aromatic heterocycles. The average molecular weight is 249 g/mol. The Morgan fingerprint density at radius 1 is 1.41 bits per heavy atom. The van der Waals surface area contributed by atoms with Crippen LogP contribution in [0, 0.1) is 0 Å². The zero-order valence-electron chi connectivity index (χ0n) is 10.9. The zero-order valence-corrected chi connectivity index (χ0v) is 11.7. The highest BCUT2D eigenvalue weighted by Gasteiger charge is 2.18. The summed E-state index contributed by atoms with van der Waals surface area (Å²) in [4.78, 5) is 2.88. The minimum absolute atomic E-state index is 0.730. The van der Waals surface area contributed by atoms with Crippen LogP contribution in [0.2, 0.25) is 0 Å². The molecule has 94 valence electrons. The first-order valence-electron chi connectivity index (χ1n) is 6.79. The summed E-state index contributed by atoms with van der Waals surface area (Å²) < 4.78 is 0. The predicted molar refractivity (Wildman–Crippen MR) is 77.6 cm³/mol. The van der Waals surface area contributed by atoms with Gasteiger partial charge in [-0.05, 0) is 57.2 Å². The molecule has 2 heterocycles. The van der Waals surface area contributed by atoms with Crippen LogP contribution < -0.4 is 5.32 Å². The van der Waals surface area contributed by atoms with E-state index in [4.69, 9.17) is 0 Å². The maximum absolute atomic E-state index is 3.63. The molecular weight excluding hydrogens is 226 g/mol. The lowest BCUT2D eigenvalue weighted by molar-refractivity contribution is 0.531. The Kier molecular flexibility index (Phi) is 4.81. The van der Waals surface area contributed by atoms with Gasteiger partial charge in [-0.15, -0.1) is 11.3 Å². The summed E-state index contributed by atoms with van der Waals surface area (Å²) in [5.74, 6) is 0. The molecule has 1 aliphatic heterocycles. The van der Waals surface area contributed by atoms with Gasteiger partial charge in [0.05, 0.1) is 0 Å². The lowest BCUT2D eigenvalue weighted by atomic mass is 10.1. The minimum Gasteiger partial charge on any atom is -0.311 e. The van der Waals surface area contributed by atoms with Gasteiger partial charge in [0.2, 0.25) is 0 Å². The molecule has 0 bridgehead atoms. The Labute approximate surface area is 109 Å². The van der Waals surface area contributed by atoms with Crippen molar-refractivity contribution in [2.45, 2.75) is 58.0 Å². The SMILES string of the molecule is CCc1ccc(/C=C\CC[C@@H]2CC[C@@H](C)N2)s1. The van der Waals surface area contributed by atoms with Gasteiger partial charge in [0.1, 0.15) is 0 Å².